The number of amides is 2. The molecule has 1 aliphatic heterocycles. The highest BCUT2D eigenvalue weighted by Crippen LogP contribution is 2.42. The number of hydrogen-bond donors (Lipinski definition) is 1. The number of allylic oxidation sites excluding steroid dienone is 2. The largest absolute Gasteiger partial charge is 0.347 e. The van der Waals surface area contributed by atoms with Crippen molar-refractivity contribution >= 4 is 22.9 Å². The first-order valence-electron chi connectivity index (χ1n) is 8.93. The molecule has 2 atom stereocenters. The third-order valence-corrected chi connectivity index (χ3v) is 5.63. The lowest BCUT2D eigenvalue weighted by Gasteiger charge is -2.40. The van der Waals surface area contributed by atoms with Crippen molar-refractivity contribution in [2.45, 2.75) is 52.4 Å². The number of terminal acetylenes is 1. The maximum Gasteiger partial charge on any atom is 0.279 e. The Hall–Kier alpha value is -1.41. The summed E-state index contributed by atoms with van der Waals surface area (Å²) >= 11 is 1.26. The van der Waals surface area contributed by atoms with E-state index in [9.17, 15) is 9.59 Å². The summed E-state index contributed by atoms with van der Waals surface area (Å²) in [4.78, 5) is 26.0. The van der Waals surface area contributed by atoms with E-state index in [0.717, 1.165) is 25.7 Å². The number of carbonyl (C=O) groups is 2. The standard InChI is InChI=1S/C19H28N2O2S/c1-4-6-7-15-12-14(3)13-17-16(15)8-9-18(22)21(17)10-11-24-19(23)20-5-2/h1,14-15H,5-13H2,2-3H3,(H,20,23)/t14-,15-/m1/s1. The molecular weight excluding hydrogens is 320 g/mol. The number of rotatable bonds is 6. The molecule has 5 heteroatoms. The van der Waals surface area contributed by atoms with Crippen molar-refractivity contribution in [1.29, 1.82) is 0 Å². The summed E-state index contributed by atoms with van der Waals surface area (Å²) in [5.74, 6) is 4.69. The number of carbonyl (C=O) groups excluding carboxylic acids is 2. The fourth-order valence-corrected chi connectivity index (χ4v) is 4.51. The minimum absolute atomic E-state index is 0.0138. The van der Waals surface area contributed by atoms with Gasteiger partial charge < -0.3 is 10.2 Å². The van der Waals surface area contributed by atoms with E-state index in [1.54, 1.807) is 0 Å². The molecule has 0 fully saturated rings. The fourth-order valence-electron chi connectivity index (χ4n) is 3.80. The molecule has 1 aliphatic carbocycles. The predicted octanol–water partition coefficient (Wildman–Crippen LogP) is 3.79. The molecule has 0 spiro atoms. The number of nitrogens with zero attached hydrogens (tertiary/aromatic N) is 1. The highest BCUT2D eigenvalue weighted by atomic mass is 32.2. The average molecular weight is 349 g/mol. The number of nitrogens with one attached hydrogen (secondary N) is 1. The second kappa shape index (κ2) is 9.17. The van der Waals surface area contributed by atoms with E-state index in [-0.39, 0.29) is 11.1 Å². The summed E-state index contributed by atoms with van der Waals surface area (Å²) in [5, 5.41) is 2.76. The first-order valence-corrected chi connectivity index (χ1v) is 9.91. The SMILES string of the molecule is C#CCC[C@@H]1C[C@@H](C)CC2=C1CCC(=O)N2CCSC(=O)NCC. The van der Waals surface area contributed by atoms with E-state index in [4.69, 9.17) is 6.42 Å². The van der Waals surface area contributed by atoms with E-state index in [2.05, 4.69) is 18.2 Å². The smallest absolute Gasteiger partial charge is 0.279 e. The van der Waals surface area contributed by atoms with Gasteiger partial charge in [0.15, 0.2) is 0 Å². The number of thioether (sulfide) groups is 1. The molecular formula is C19H28N2O2S. The van der Waals surface area contributed by atoms with Crippen LogP contribution in [0.4, 0.5) is 4.79 Å². The lowest BCUT2D eigenvalue weighted by Crippen LogP contribution is -2.40. The fraction of sp³-hybridized carbons (Fsp3) is 0.684. The van der Waals surface area contributed by atoms with E-state index < -0.39 is 0 Å². The Kier molecular flexibility index (Phi) is 7.23. The van der Waals surface area contributed by atoms with E-state index in [1.165, 1.54) is 29.5 Å². The molecule has 2 rings (SSSR count). The zero-order chi connectivity index (χ0) is 17.5. The molecule has 2 amide bonds. The lowest BCUT2D eigenvalue weighted by atomic mass is 9.74. The quantitative estimate of drug-likeness (QED) is 0.743. The Morgan fingerprint density at radius 2 is 2.25 bits per heavy atom. The minimum atomic E-state index is -0.0138. The first kappa shape index (κ1) is 18.9. The summed E-state index contributed by atoms with van der Waals surface area (Å²) in [6, 6.07) is 0. The van der Waals surface area contributed by atoms with Gasteiger partial charge >= 0.3 is 0 Å². The Balaban J connectivity index is 2.07. The van der Waals surface area contributed by atoms with Gasteiger partial charge in [-0.25, -0.2) is 0 Å². The van der Waals surface area contributed by atoms with Crippen molar-refractivity contribution in [3.05, 3.63) is 11.3 Å². The van der Waals surface area contributed by atoms with E-state index >= 15 is 0 Å². The highest BCUT2D eigenvalue weighted by Gasteiger charge is 2.34. The zero-order valence-electron chi connectivity index (χ0n) is 14.8. The third-order valence-electron chi connectivity index (χ3n) is 4.83. The molecule has 0 bridgehead atoms. The number of hydrogen-bond acceptors (Lipinski definition) is 3. The van der Waals surface area contributed by atoms with Crippen LogP contribution in [0.1, 0.15) is 52.4 Å². The Morgan fingerprint density at radius 3 is 2.96 bits per heavy atom. The molecule has 132 valence electrons. The van der Waals surface area contributed by atoms with Crippen LogP contribution in [0.5, 0.6) is 0 Å². The van der Waals surface area contributed by atoms with Crippen molar-refractivity contribution in [3.63, 3.8) is 0 Å². The van der Waals surface area contributed by atoms with E-state index in [1.807, 2.05) is 11.8 Å². The van der Waals surface area contributed by atoms with Gasteiger partial charge in [0.1, 0.15) is 0 Å². The van der Waals surface area contributed by atoms with Crippen LogP contribution in [0.3, 0.4) is 0 Å². The van der Waals surface area contributed by atoms with Gasteiger partial charge in [-0.15, -0.1) is 12.3 Å². The van der Waals surface area contributed by atoms with Crippen molar-refractivity contribution in [3.8, 4) is 12.3 Å². The Morgan fingerprint density at radius 1 is 1.46 bits per heavy atom. The molecule has 0 aromatic carbocycles. The molecule has 2 aliphatic rings. The van der Waals surface area contributed by atoms with Gasteiger partial charge in [0.25, 0.3) is 5.24 Å². The van der Waals surface area contributed by atoms with Crippen LogP contribution in [-0.4, -0.2) is 34.9 Å². The van der Waals surface area contributed by atoms with Crippen LogP contribution in [0.15, 0.2) is 11.3 Å². The molecule has 0 radical (unpaired) electrons. The maximum atomic E-state index is 12.4. The molecule has 0 saturated carbocycles. The molecule has 0 unspecified atom stereocenters. The van der Waals surface area contributed by atoms with Gasteiger partial charge in [-0.2, -0.15) is 0 Å². The van der Waals surface area contributed by atoms with Gasteiger partial charge in [-0.05, 0) is 50.0 Å². The molecule has 24 heavy (non-hydrogen) atoms. The normalized spacial score (nSPS) is 23.7. The van der Waals surface area contributed by atoms with Crippen LogP contribution in [0, 0.1) is 24.2 Å². The molecule has 0 aromatic rings. The molecule has 1 heterocycles. The van der Waals surface area contributed by atoms with Crippen molar-refractivity contribution in [2.75, 3.05) is 18.8 Å². The monoisotopic (exact) mass is 348 g/mol. The van der Waals surface area contributed by atoms with Crippen molar-refractivity contribution in [2.24, 2.45) is 11.8 Å². The maximum absolute atomic E-state index is 12.4. The van der Waals surface area contributed by atoms with Crippen LogP contribution in [-0.2, 0) is 4.79 Å². The van der Waals surface area contributed by atoms with Gasteiger partial charge in [0.2, 0.25) is 5.91 Å². The molecule has 0 saturated heterocycles. The second-order valence-corrected chi connectivity index (χ2v) is 7.74. The third kappa shape index (κ3) is 4.80. The summed E-state index contributed by atoms with van der Waals surface area (Å²) in [7, 11) is 0. The van der Waals surface area contributed by atoms with Crippen LogP contribution < -0.4 is 5.32 Å². The topological polar surface area (TPSA) is 49.4 Å². The lowest BCUT2D eigenvalue weighted by molar-refractivity contribution is -0.130. The summed E-state index contributed by atoms with van der Waals surface area (Å²) in [6.45, 7) is 5.42. The van der Waals surface area contributed by atoms with Gasteiger partial charge in [-0.3, -0.25) is 9.59 Å². The van der Waals surface area contributed by atoms with Crippen molar-refractivity contribution in [1.82, 2.24) is 10.2 Å². The second-order valence-electron chi connectivity index (χ2n) is 6.67. The van der Waals surface area contributed by atoms with Gasteiger partial charge in [-0.1, -0.05) is 18.7 Å². The molecule has 4 nitrogen and oxygen atoms in total. The Bertz CT molecular complexity index is 550. The average Bonchev–Trinajstić information content (AvgIpc) is 2.55. The summed E-state index contributed by atoms with van der Waals surface area (Å²) in [6.07, 6.45) is 10.9. The highest BCUT2D eigenvalue weighted by molar-refractivity contribution is 8.13. The first-order chi connectivity index (χ1) is 11.6. The Labute approximate surface area is 149 Å². The summed E-state index contributed by atoms with van der Waals surface area (Å²) < 4.78 is 0. The predicted molar refractivity (Wildman–Crippen MR) is 99.5 cm³/mol. The van der Waals surface area contributed by atoms with E-state index in [0.29, 0.717) is 37.1 Å². The summed E-state index contributed by atoms with van der Waals surface area (Å²) in [5.41, 5.74) is 2.68. The van der Waals surface area contributed by atoms with Crippen LogP contribution in [0.25, 0.3) is 0 Å². The minimum Gasteiger partial charge on any atom is -0.347 e. The van der Waals surface area contributed by atoms with Gasteiger partial charge in [0.05, 0.1) is 0 Å². The molecule has 0 aromatic heterocycles. The van der Waals surface area contributed by atoms with Crippen LogP contribution in [0.2, 0.25) is 0 Å². The van der Waals surface area contributed by atoms with Crippen LogP contribution >= 0.6 is 11.8 Å². The van der Waals surface area contributed by atoms with Gasteiger partial charge in [0, 0.05) is 37.4 Å². The molecule has 1 N–H and O–H groups in total. The zero-order valence-corrected chi connectivity index (χ0v) is 15.6. The van der Waals surface area contributed by atoms with Crippen molar-refractivity contribution < 1.29 is 9.59 Å².